The van der Waals surface area contributed by atoms with Crippen LogP contribution in [-0.4, -0.2) is 30.1 Å². The van der Waals surface area contributed by atoms with Gasteiger partial charge in [-0.2, -0.15) is 0 Å². The number of hydrogen-bond donors (Lipinski definition) is 0. The predicted octanol–water partition coefficient (Wildman–Crippen LogP) is 3.61. The van der Waals surface area contributed by atoms with E-state index in [4.69, 9.17) is 9.47 Å². The van der Waals surface area contributed by atoms with Gasteiger partial charge in [-0.25, -0.2) is 0 Å². The fourth-order valence-corrected chi connectivity index (χ4v) is 3.62. The minimum Gasteiger partial charge on any atom is -0.493 e. The van der Waals surface area contributed by atoms with E-state index in [9.17, 15) is 4.79 Å². The largest absolute Gasteiger partial charge is 0.493 e. The van der Waals surface area contributed by atoms with E-state index in [0.717, 1.165) is 41.0 Å². The lowest BCUT2D eigenvalue weighted by atomic mass is 9.98. The van der Waals surface area contributed by atoms with Gasteiger partial charge in [0.05, 0.1) is 18.8 Å². The molecular formula is C21H23NO3. The molecule has 0 radical (unpaired) electrons. The van der Waals surface area contributed by atoms with Crippen molar-refractivity contribution in [2.24, 2.45) is 0 Å². The Bertz CT molecular complexity index is 766. The maximum Gasteiger partial charge on any atom is 0.258 e. The van der Waals surface area contributed by atoms with Crippen LogP contribution in [0.4, 0.5) is 0 Å². The summed E-state index contributed by atoms with van der Waals surface area (Å²) >= 11 is 0. The molecule has 0 unspecified atom stereocenters. The predicted molar refractivity (Wildman–Crippen MR) is 96.3 cm³/mol. The number of benzene rings is 2. The van der Waals surface area contributed by atoms with Gasteiger partial charge >= 0.3 is 0 Å². The van der Waals surface area contributed by atoms with Gasteiger partial charge in [0.15, 0.2) is 0 Å². The second-order valence-corrected chi connectivity index (χ2v) is 6.93. The second-order valence-electron chi connectivity index (χ2n) is 6.93. The topological polar surface area (TPSA) is 38.8 Å². The maximum absolute atomic E-state index is 13.5. The van der Waals surface area contributed by atoms with E-state index in [1.165, 1.54) is 0 Å². The molecule has 4 rings (SSSR count). The average Bonchev–Trinajstić information content (AvgIpc) is 3.26. The summed E-state index contributed by atoms with van der Waals surface area (Å²) in [5, 5.41) is 0. The van der Waals surface area contributed by atoms with E-state index in [-0.39, 0.29) is 11.9 Å². The zero-order valence-corrected chi connectivity index (χ0v) is 14.7. The first-order chi connectivity index (χ1) is 12.1. The highest BCUT2D eigenvalue weighted by molar-refractivity contribution is 6.00. The fraction of sp³-hybridized carbons (Fsp3) is 0.381. The van der Waals surface area contributed by atoms with E-state index in [1.807, 2.05) is 23.1 Å². The number of carbonyl (C=O) groups excluding carboxylic acids is 1. The SMILES string of the molecule is CC(C)N(Cc1ccccc1)C(=O)c1c2c(cc3c1OCC3)OCC2. The normalized spacial score (nSPS) is 14.7. The van der Waals surface area contributed by atoms with Crippen LogP contribution >= 0.6 is 0 Å². The number of hydrogen-bond acceptors (Lipinski definition) is 3. The summed E-state index contributed by atoms with van der Waals surface area (Å²) in [6.07, 6.45) is 1.61. The first-order valence-corrected chi connectivity index (χ1v) is 8.94. The van der Waals surface area contributed by atoms with Gasteiger partial charge in [-0.1, -0.05) is 30.3 Å². The second kappa shape index (κ2) is 6.43. The van der Waals surface area contributed by atoms with E-state index >= 15 is 0 Å². The van der Waals surface area contributed by atoms with Gasteiger partial charge in [0.25, 0.3) is 5.91 Å². The lowest BCUT2D eigenvalue weighted by Crippen LogP contribution is -2.37. The van der Waals surface area contributed by atoms with Crippen LogP contribution in [0.15, 0.2) is 36.4 Å². The van der Waals surface area contributed by atoms with E-state index < -0.39 is 0 Å². The van der Waals surface area contributed by atoms with Gasteiger partial charge < -0.3 is 14.4 Å². The summed E-state index contributed by atoms with van der Waals surface area (Å²) < 4.78 is 11.6. The van der Waals surface area contributed by atoms with Crippen molar-refractivity contribution < 1.29 is 14.3 Å². The smallest absolute Gasteiger partial charge is 0.258 e. The minimum atomic E-state index is 0.0411. The monoisotopic (exact) mass is 337 g/mol. The molecule has 2 aromatic rings. The highest BCUT2D eigenvalue weighted by Gasteiger charge is 2.33. The minimum absolute atomic E-state index is 0.0411. The molecule has 0 fully saturated rings. The van der Waals surface area contributed by atoms with Crippen LogP contribution in [0.5, 0.6) is 11.5 Å². The highest BCUT2D eigenvalue weighted by atomic mass is 16.5. The highest BCUT2D eigenvalue weighted by Crippen LogP contribution is 2.41. The molecule has 0 bridgehead atoms. The fourth-order valence-electron chi connectivity index (χ4n) is 3.62. The Labute approximate surface area is 148 Å². The van der Waals surface area contributed by atoms with Crippen LogP contribution in [-0.2, 0) is 19.4 Å². The average molecular weight is 337 g/mol. The molecule has 1 amide bonds. The Hall–Kier alpha value is -2.49. The van der Waals surface area contributed by atoms with E-state index in [0.29, 0.717) is 25.3 Å². The van der Waals surface area contributed by atoms with Crippen molar-refractivity contribution in [3.63, 3.8) is 0 Å². The Morgan fingerprint density at radius 1 is 1.12 bits per heavy atom. The van der Waals surface area contributed by atoms with Crippen molar-refractivity contribution in [3.05, 3.63) is 58.7 Å². The number of amides is 1. The van der Waals surface area contributed by atoms with Gasteiger partial charge in [-0.05, 0) is 25.5 Å². The summed E-state index contributed by atoms with van der Waals surface area (Å²) in [6, 6.07) is 12.3. The molecular weight excluding hydrogens is 314 g/mol. The molecule has 130 valence electrons. The summed E-state index contributed by atoms with van der Waals surface area (Å²) in [6.45, 7) is 5.98. The number of rotatable bonds is 4. The standard InChI is InChI=1S/C21H23NO3/c1-14(2)22(13-15-6-4-3-5-7-15)21(23)19-17-9-11-24-18(17)12-16-8-10-25-20(16)19/h3-7,12,14H,8-11,13H2,1-2H3. The van der Waals surface area contributed by atoms with Gasteiger partial charge in [0.1, 0.15) is 11.5 Å². The van der Waals surface area contributed by atoms with E-state index in [2.05, 4.69) is 32.0 Å². The Balaban J connectivity index is 1.74. The van der Waals surface area contributed by atoms with Crippen molar-refractivity contribution in [1.82, 2.24) is 4.90 Å². The number of fused-ring (bicyclic) bond motifs is 2. The molecule has 2 aliphatic heterocycles. The van der Waals surface area contributed by atoms with Crippen LogP contribution < -0.4 is 9.47 Å². The van der Waals surface area contributed by atoms with Crippen molar-refractivity contribution in [1.29, 1.82) is 0 Å². The lowest BCUT2D eigenvalue weighted by Gasteiger charge is -2.28. The Morgan fingerprint density at radius 2 is 1.88 bits per heavy atom. The zero-order chi connectivity index (χ0) is 17.4. The third-order valence-electron chi connectivity index (χ3n) is 4.94. The van der Waals surface area contributed by atoms with Gasteiger partial charge in [-0.3, -0.25) is 4.79 Å². The van der Waals surface area contributed by atoms with Crippen LogP contribution in [0, 0.1) is 0 Å². The summed E-state index contributed by atoms with van der Waals surface area (Å²) in [4.78, 5) is 15.4. The molecule has 0 aromatic heterocycles. The first kappa shape index (κ1) is 16.0. The van der Waals surface area contributed by atoms with Crippen molar-refractivity contribution in [3.8, 4) is 11.5 Å². The molecule has 0 atom stereocenters. The molecule has 4 nitrogen and oxygen atoms in total. The zero-order valence-electron chi connectivity index (χ0n) is 14.7. The molecule has 0 spiro atoms. The van der Waals surface area contributed by atoms with Crippen LogP contribution in [0.3, 0.4) is 0 Å². The molecule has 4 heteroatoms. The van der Waals surface area contributed by atoms with Crippen LogP contribution in [0.2, 0.25) is 0 Å². The van der Waals surface area contributed by atoms with Gasteiger partial charge in [-0.15, -0.1) is 0 Å². The summed E-state index contributed by atoms with van der Waals surface area (Å²) in [5.74, 6) is 1.67. The van der Waals surface area contributed by atoms with Crippen molar-refractivity contribution in [2.45, 2.75) is 39.3 Å². The quantitative estimate of drug-likeness (QED) is 0.855. The van der Waals surface area contributed by atoms with Crippen molar-refractivity contribution >= 4 is 5.91 Å². The molecule has 2 aromatic carbocycles. The van der Waals surface area contributed by atoms with E-state index in [1.54, 1.807) is 0 Å². The molecule has 0 N–H and O–H groups in total. The number of nitrogens with zero attached hydrogens (tertiary/aromatic N) is 1. The van der Waals surface area contributed by atoms with Gasteiger partial charge in [0, 0.05) is 36.6 Å². The Kier molecular flexibility index (Phi) is 4.12. The number of ether oxygens (including phenoxy) is 2. The molecule has 0 saturated carbocycles. The van der Waals surface area contributed by atoms with Gasteiger partial charge in [0.2, 0.25) is 0 Å². The molecule has 2 aliphatic rings. The molecule has 0 aliphatic carbocycles. The van der Waals surface area contributed by atoms with Crippen molar-refractivity contribution in [2.75, 3.05) is 13.2 Å². The third kappa shape index (κ3) is 2.86. The van der Waals surface area contributed by atoms with Crippen LogP contribution in [0.1, 0.15) is 40.9 Å². The third-order valence-corrected chi connectivity index (χ3v) is 4.94. The Morgan fingerprint density at radius 3 is 2.64 bits per heavy atom. The first-order valence-electron chi connectivity index (χ1n) is 8.94. The molecule has 0 saturated heterocycles. The van der Waals surface area contributed by atoms with Crippen LogP contribution in [0.25, 0.3) is 0 Å². The lowest BCUT2D eigenvalue weighted by molar-refractivity contribution is 0.0685. The maximum atomic E-state index is 13.5. The summed E-state index contributed by atoms with van der Waals surface area (Å²) in [5.41, 5.74) is 3.94. The number of carbonyl (C=O) groups is 1. The summed E-state index contributed by atoms with van der Waals surface area (Å²) in [7, 11) is 0. The molecule has 25 heavy (non-hydrogen) atoms. The molecule has 2 heterocycles.